The molecule has 0 saturated carbocycles. The largest absolute Gasteiger partial charge is 0.304 e. The van der Waals surface area contributed by atoms with Gasteiger partial charge in [-0.05, 0) is 24.4 Å². The van der Waals surface area contributed by atoms with Crippen molar-refractivity contribution in [3.63, 3.8) is 0 Å². The van der Waals surface area contributed by atoms with E-state index in [0.29, 0.717) is 32.0 Å². The zero-order chi connectivity index (χ0) is 19.1. The summed E-state index contributed by atoms with van der Waals surface area (Å²) >= 11 is 6.49. The van der Waals surface area contributed by atoms with E-state index in [0.717, 1.165) is 4.90 Å². The third-order valence-corrected chi connectivity index (χ3v) is 5.82. The summed E-state index contributed by atoms with van der Waals surface area (Å²) in [6.45, 7) is 4.42. The molecule has 1 aromatic carbocycles. The molecule has 7 nitrogen and oxygen atoms in total. The maximum atomic E-state index is 12.7. The van der Waals surface area contributed by atoms with Crippen LogP contribution in [0.15, 0.2) is 48.0 Å². The van der Waals surface area contributed by atoms with Crippen LogP contribution in [0.25, 0.3) is 10.3 Å². The highest BCUT2D eigenvalue weighted by Gasteiger charge is 2.34. The average molecular weight is 398 g/mol. The molecule has 27 heavy (non-hydrogen) atoms. The quantitative estimate of drug-likeness (QED) is 0.375. The molecule has 136 valence electrons. The van der Waals surface area contributed by atoms with E-state index in [2.05, 4.69) is 11.6 Å². The van der Waals surface area contributed by atoms with Gasteiger partial charge in [-0.2, -0.15) is 0 Å². The zero-order valence-corrected chi connectivity index (χ0v) is 15.8. The van der Waals surface area contributed by atoms with Crippen LogP contribution in [-0.4, -0.2) is 37.4 Å². The van der Waals surface area contributed by atoms with Crippen LogP contribution in [0.5, 0.6) is 0 Å². The molecule has 3 heterocycles. The number of hydrogen-bond donors (Lipinski definition) is 0. The molecule has 0 radical (unpaired) electrons. The first kappa shape index (κ1) is 17.5. The van der Waals surface area contributed by atoms with E-state index in [4.69, 9.17) is 12.2 Å². The topological polar surface area (TPSA) is 77.2 Å². The summed E-state index contributed by atoms with van der Waals surface area (Å²) in [6.07, 6.45) is 3.11. The molecule has 0 bridgehead atoms. The van der Waals surface area contributed by atoms with Gasteiger partial charge in [0.25, 0.3) is 17.4 Å². The number of carbonyl (C=O) groups is 2. The number of aromatic nitrogens is 3. The van der Waals surface area contributed by atoms with E-state index in [1.54, 1.807) is 34.9 Å². The minimum absolute atomic E-state index is 0.0954. The maximum absolute atomic E-state index is 12.7. The van der Waals surface area contributed by atoms with Gasteiger partial charge < -0.3 is 4.57 Å². The van der Waals surface area contributed by atoms with Crippen molar-refractivity contribution < 1.29 is 9.59 Å². The molecular formula is C18H14N4O3S2. The van der Waals surface area contributed by atoms with Crippen LogP contribution in [0.2, 0.25) is 0 Å². The number of hydrogen-bond acceptors (Lipinski definition) is 6. The third kappa shape index (κ3) is 2.75. The van der Waals surface area contributed by atoms with Crippen molar-refractivity contribution in [2.75, 3.05) is 6.54 Å². The van der Waals surface area contributed by atoms with Gasteiger partial charge in [0.05, 0.1) is 11.1 Å². The SMILES string of the molecule is C=CCn1c(=S)sc2c(=O)n(CCN3C(=O)c4ccccc4C3=O)cnc21. The van der Waals surface area contributed by atoms with Gasteiger partial charge in [-0.25, -0.2) is 4.98 Å². The summed E-state index contributed by atoms with van der Waals surface area (Å²) in [6, 6.07) is 6.70. The van der Waals surface area contributed by atoms with Crippen molar-refractivity contribution in [1.82, 2.24) is 19.0 Å². The number of fused-ring (bicyclic) bond motifs is 2. The molecule has 4 rings (SSSR count). The molecule has 0 saturated heterocycles. The molecule has 1 aliphatic heterocycles. The van der Waals surface area contributed by atoms with Gasteiger partial charge in [0.15, 0.2) is 9.60 Å². The third-order valence-electron chi connectivity index (χ3n) is 4.40. The van der Waals surface area contributed by atoms with E-state index in [9.17, 15) is 14.4 Å². The molecule has 9 heteroatoms. The number of nitrogens with zero attached hydrogens (tertiary/aromatic N) is 4. The number of thiazole rings is 1. The molecule has 0 aliphatic carbocycles. The van der Waals surface area contributed by atoms with Gasteiger partial charge in [0.2, 0.25) is 0 Å². The Bertz CT molecular complexity index is 1190. The van der Waals surface area contributed by atoms with Gasteiger partial charge in [0, 0.05) is 19.6 Å². The predicted molar refractivity (Wildman–Crippen MR) is 105 cm³/mol. The molecule has 0 spiro atoms. The summed E-state index contributed by atoms with van der Waals surface area (Å²) < 4.78 is 4.15. The summed E-state index contributed by atoms with van der Waals surface area (Å²) in [5.41, 5.74) is 1.06. The second-order valence-corrected chi connectivity index (χ2v) is 7.61. The minimum atomic E-state index is -0.342. The highest BCUT2D eigenvalue weighted by Crippen LogP contribution is 2.22. The van der Waals surface area contributed by atoms with Gasteiger partial charge in [0.1, 0.15) is 11.0 Å². The maximum Gasteiger partial charge on any atom is 0.273 e. The Morgan fingerprint density at radius 3 is 2.41 bits per heavy atom. The van der Waals surface area contributed by atoms with Gasteiger partial charge in [-0.15, -0.1) is 6.58 Å². The lowest BCUT2D eigenvalue weighted by Crippen LogP contribution is -2.35. The minimum Gasteiger partial charge on any atom is -0.304 e. The summed E-state index contributed by atoms with van der Waals surface area (Å²) in [5, 5.41) is 0. The summed E-state index contributed by atoms with van der Waals surface area (Å²) in [4.78, 5) is 43.1. The normalized spacial score (nSPS) is 13.4. The van der Waals surface area contributed by atoms with Crippen molar-refractivity contribution in [2.45, 2.75) is 13.1 Å². The Balaban J connectivity index is 1.62. The molecule has 0 N–H and O–H groups in total. The molecule has 2 aromatic heterocycles. The number of imide groups is 1. The highest BCUT2D eigenvalue weighted by molar-refractivity contribution is 7.73. The van der Waals surface area contributed by atoms with E-state index in [1.165, 1.54) is 22.2 Å². The first-order chi connectivity index (χ1) is 13.0. The lowest BCUT2D eigenvalue weighted by molar-refractivity contribution is 0.0648. The van der Waals surface area contributed by atoms with Crippen LogP contribution in [0.1, 0.15) is 20.7 Å². The van der Waals surface area contributed by atoms with Crippen LogP contribution in [0.3, 0.4) is 0 Å². The van der Waals surface area contributed by atoms with Crippen molar-refractivity contribution in [2.24, 2.45) is 0 Å². The zero-order valence-electron chi connectivity index (χ0n) is 14.1. The van der Waals surface area contributed by atoms with Gasteiger partial charge in [-0.1, -0.05) is 29.5 Å². The smallest absolute Gasteiger partial charge is 0.273 e. The average Bonchev–Trinajstić information content (AvgIpc) is 3.11. The fourth-order valence-electron chi connectivity index (χ4n) is 3.07. The Morgan fingerprint density at radius 1 is 1.11 bits per heavy atom. The van der Waals surface area contributed by atoms with Crippen molar-refractivity contribution in [3.05, 3.63) is 68.7 Å². The van der Waals surface area contributed by atoms with Crippen LogP contribution < -0.4 is 5.56 Å². The van der Waals surface area contributed by atoms with Crippen LogP contribution in [0.4, 0.5) is 0 Å². The van der Waals surface area contributed by atoms with Gasteiger partial charge in [-0.3, -0.25) is 23.9 Å². The fraction of sp³-hybridized carbons (Fsp3) is 0.167. The Hall–Kier alpha value is -2.91. The van der Waals surface area contributed by atoms with E-state index >= 15 is 0 Å². The van der Waals surface area contributed by atoms with Crippen molar-refractivity contribution in [3.8, 4) is 0 Å². The summed E-state index contributed by atoms with van der Waals surface area (Å²) in [5.74, 6) is -0.684. The first-order valence-electron chi connectivity index (χ1n) is 8.18. The lowest BCUT2D eigenvalue weighted by Gasteiger charge is -2.14. The lowest BCUT2D eigenvalue weighted by atomic mass is 10.1. The van der Waals surface area contributed by atoms with Crippen LogP contribution in [0, 0.1) is 3.95 Å². The molecule has 0 fully saturated rings. The Morgan fingerprint density at radius 2 is 1.78 bits per heavy atom. The number of amides is 2. The van der Waals surface area contributed by atoms with Crippen molar-refractivity contribution >= 4 is 45.7 Å². The van der Waals surface area contributed by atoms with E-state index < -0.39 is 0 Å². The van der Waals surface area contributed by atoms with E-state index in [1.807, 2.05) is 0 Å². The second-order valence-electron chi connectivity index (χ2n) is 5.97. The Kier molecular flexibility index (Phi) is 4.33. The molecular weight excluding hydrogens is 384 g/mol. The number of benzene rings is 1. The molecule has 0 atom stereocenters. The fourth-order valence-corrected chi connectivity index (χ4v) is 4.39. The van der Waals surface area contributed by atoms with Crippen LogP contribution >= 0.6 is 23.6 Å². The monoisotopic (exact) mass is 398 g/mol. The number of allylic oxidation sites excluding steroid dienone is 1. The van der Waals surface area contributed by atoms with Crippen LogP contribution in [-0.2, 0) is 13.1 Å². The number of carbonyl (C=O) groups excluding carboxylic acids is 2. The predicted octanol–water partition coefficient (Wildman–Crippen LogP) is 2.47. The molecule has 2 amide bonds. The Labute approximate surface area is 162 Å². The number of rotatable bonds is 5. The molecule has 0 unspecified atom stereocenters. The summed E-state index contributed by atoms with van der Waals surface area (Å²) in [7, 11) is 0. The standard InChI is InChI=1S/C18H14N4O3S2/c1-2-7-21-14-13(27-18(21)26)17(25)20(10-19-14)8-9-22-15(23)11-5-3-4-6-12(11)16(22)24/h2-6,10H,1,7-9H2. The molecule has 1 aliphatic rings. The first-order valence-corrected chi connectivity index (χ1v) is 9.40. The second kappa shape index (κ2) is 6.67. The van der Waals surface area contributed by atoms with Gasteiger partial charge >= 0.3 is 0 Å². The van der Waals surface area contributed by atoms with E-state index in [-0.39, 0.29) is 30.5 Å². The molecule has 3 aromatic rings. The highest BCUT2D eigenvalue weighted by atomic mass is 32.1. The van der Waals surface area contributed by atoms with Crippen molar-refractivity contribution in [1.29, 1.82) is 0 Å².